The highest BCUT2D eigenvalue weighted by Gasteiger charge is 2.33. The van der Waals surface area contributed by atoms with Crippen molar-refractivity contribution in [2.45, 2.75) is 6.16 Å². The summed E-state index contributed by atoms with van der Waals surface area (Å²) >= 11 is 24.9. The maximum Gasteiger partial charge on any atom is 0.195 e. The van der Waals surface area contributed by atoms with Crippen molar-refractivity contribution in [1.82, 2.24) is 0 Å². The van der Waals surface area contributed by atoms with Gasteiger partial charge in [0.1, 0.15) is 0 Å². The van der Waals surface area contributed by atoms with Crippen LogP contribution < -0.4 is 0 Å². The Morgan fingerprint density at radius 3 is 1.39 bits per heavy atom. The molecule has 28 heavy (non-hydrogen) atoms. The minimum atomic E-state index is -1.89. The van der Waals surface area contributed by atoms with Gasteiger partial charge in [-0.15, -0.1) is 0 Å². The van der Waals surface area contributed by atoms with Gasteiger partial charge in [-0.05, 0) is 29.8 Å². The molecule has 0 atom stereocenters. The molecule has 0 saturated heterocycles. The third-order valence-electron chi connectivity index (χ3n) is 4.03. The van der Waals surface area contributed by atoms with E-state index in [1.54, 1.807) is 36.4 Å². The van der Waals surface area contributed by atoms with Crippen LogP contribution in [0.4, 0.5) is 0 Å². The lowest BCUT2D eigenvalue weighted by atomic mass is 10.2. The lowest BCUT2D eigenvalue weighted by Gasteiger charge is -2.18. The third-order valence-corrected chi connectivity index (χ3v) is 7.40. The third kappa shape index (κ3) is 4.59. The quantitative estimate of drug-likeness (QED) is 0.343. The van der Waals surface area contributed by atoms with Crippen LogP contribution in [-0.2, 0) is 6.16 Å². The van der Waals surface area contributed by atoms with Crippen molar-refractivity contribution in [3.05, 3.63) is 104 Å². The average Bonchev–Trinajstić information content (AvgIpc) is 2.66. The monoisotopic (exact) mass is 468 g/mol. The lowest BCUT2D eigenvalue weighted by molar-refractivity contribution is 0.105. The minimum absolute atomic E-state index is 0.143. The van der Waals surface area contributed by atoms with E-state index in [2.05, 4.69) is 0 Å². The Kier molecular flexibility index (Phi) is 7.15. The Morgan fingerprint density at radius 1 is 0.607 bits per heavy atom. The summed E-state index contributed by atoms with van der Waals surface area (Å²) in [4.78, 5) is 26.8. The second-order valence-electron chi connectivity index (χ2n) is 5.88. The van der Waals surface area contributed by atoms with Gasteiger partial charge in [0.15, 0.2) is 11.0 Å². The molecular formula is C21H13Cl4O2P. The van der Waals surface area contributed by atoms with Gasteiger partial charge < -0.3 is 0 Å². The van der Waals surface area contributed by atoms with Crippen molar-refractivity contribution in [3.8, 4) is 0 Å². The molecule has 0 saturated carbocycles. The first-order valence-corrected chi connectivity index (χ1v) is 11.2. The van der Waals surface area contributed by atoms with Crippen LogP contribution in [0.2, 0.25) is 20.1 Å². The summed E-state index contributed by atoms with van der Waals surface area (Å²) in [5.41, 5.74) is 0.321. The minimum Gasteiger partial charge on any atom is -0.288 e. The van der Waals surface area contributed by atoms with Gasteiger partial charge in [-0.1, -0.05) is 88.9 Å². The number of rotatable bonds is 6. The molecule has 0 bridgehead atoms. The fourth-order valence-corrected chi connectivity index (χ4v) is 6.15. The zero-order valence-electron chi connectivity index (χ0n) is 14.3. The van der Waals surface area contributed by atoms with Crippen LogP contribution in [0.1, 0.15) is 26.3 Å². The van der Waals surface area contributed by atoms with E-state index in [0.29, 0.717) is 0 Å². The van der Waals surface area contributed by atoms with Gasteiger partial charge >= 0.3 is 0 Å². The molecule has 142 valence electrons. The van der Waals surface area contributed by atoms with Crippen LogP contribution >= 0.6 is 54.3 Å². The fourth-order valence-electron chi connectivity index (χ4n) is 2.68. The van der Waals surface area contributed by atoms with E-state index in [9.17, 15) is 9.59 Å². The Balaban J connectivity index is 2.10. The molecule has 0 spiro atoms. The molecule has 3 aromatic rings. The number of hydrogen-bond acceptors (Lipinski definition) is 2. The fraction of sp³-hybridized carbons (Fsp3) is 0.0476. The van der Waals surface area contributed by atoms with Gasteiger partial charge in [0.05, 0.1) is 31.2 Å². The van der Waals surface area contributed by atoms with E-state index in [4.69, 9.17) is 46.4 Å². The van der Waals surface area contributed by atoms with Crippen LogP contribution in [0, 0.1) is 0 Å². The summed E-state index contributed by atoms with van der Waals surface area (Å²) in [6.07, 6.45) is 0.233. The topological polar surface area (TPSA) is 34.1 Å². The van der Waals surface area contributed by atoms with E-state index < -0.39 is 19.0 Å². The number of benzene rings is 3. The molecule has 0 aliphatic rings. The van der Waals surface area contributed by atoms with E-state index in [0.717, 1.165) is 5.56 Å². The standard InChI is InChI=1S/C21H13Cl4O2P/c22-14-8-4-9-15(23)18(14)20(26)28(12-13-6-2-1-3-7-13)21(27)19-16(24)10-5-11-17(19)25/h1-11H,12H2. The van der Waals surface area contributed by atoms with Gasteiger partial charge in [0.25, 0.3) is 0 Å². The molecule has 2 nitrogen and oxygen atoms in total. The second kappa shape index (κ2) is 9.39. The molecule has 0 aliphatic heterocycles. The molecule has 3 aromatic carbocycles. The second-order valence-corrected chi connectivity index (χ2v) is 9.49. The molecule has 0 fully saturated rings. The molecule has 0 aliphatic carbocycles. The summed E-state index contributed by atoms with van der Waals surface area (Å²) in [7, 11) is -1.89. The largest absolute Gasteiger partial charge is 0.288 e. The predicted octanol–water partition coefficient (Wildman–Crippen LogP) is 7.96. The van der Waals surface area contributed by atoms with E-state index in [1.807, 2.05) is 30.3 Å². The first-order chi connectivity index (χ1) is 13.4. The first kappa shape index (κ1) is 21.3. The first-order valence-electron chi connectivity index (χ1n) is 8.18. The van der Waals surface area contributed by atoms with Crippen molar-refractivity contribution in [2.24, 2.45) is 0 Å². The Labute approximate surface area is 184 Å². The zero-order valence-corrected chi connectivity index (χ0v) is 18.3. The molecule has 0 radical (unpaired) electrons. The van der Waals surface area contributed by atoms with Crippen LogP contribution in [0.3, 0.4) is 0 Å². The highest BCUT2D eigenvalue weighted by atomic mass is 35.5. The maximum atomic E-state index is 13.4. The van der Waals surface area contributed by atoms with E-state index in [1.165, 1.54) is 0 Å². The van der Waals surface area contributed by atoms with Crippen LogP contribution in [0.25, 0.3) is 0 Å². The van der Waals surface area contributed by atoms with E-state index >= 15 is 0 Å². The highest BCUT2D eigenvalue weighted by molar-refractivity contribution is 7.89. The highest BCUT2D eigenvalue weighted by Crippen LogP contribution is 2.50. The number of carbonyl (C=O) groups excluding carboxylic acids is 2. The summed E-state index contributed by atoms with van der Waals surface area (Å²) < 4.78 is 0. The van der Waals surface area contributed by atoms with Crippen LogP contribution in [-0.4, -0.2) is 11.0 Å². The van der Waals surface area contributed by atoms with Crippen molar-refractivity contribution >= 4 is 65.4 Å². The van der Waals surface area contributed by atoms with Crippen LogP contribution in [0.5, 0.6) is 0 Å². The molecule has 0 unspecified atom stereocenters. The molecule has 0 aromatic heterocycles. The van der Waals surface area contributed by atoms with Gasteiger partial charge in [-0.2, -0.15) is 0 Å². The van der Waals surface area contributed by atoms with Gasteiger partial charge in [0.2, 0.25) is 0 Å². The molecule has 0 amide bonds. The molecule has 0 N–H and O–H groups in total. The Hall–Kier alpha value is -1.41. The summed E-state index contributed by atoms with van der Waals surface area (Å²) in [6, 6.07) is 18.9. The van der Waals surface area contributed by atoms with Crippen LogP contribution in [0.15, 0.2) is 66.7 Å². The number of halogens is 4. The Morgan fingerprint density at radius 2 is 1.00 bits per heavy atom. The van der Waals surface area contributed by atoms with Gasteiger partial charge in [0, 0.05) is 14.1 Å². The molecule has 3 rings (SSSR count). The predicted molar refractivity (Wildman–Crippen MR) is 119 cm³/mol. The zero-order chi connectivity index (χ0) is 20.3. The van der Waals surface area contributed by atoms with Gasteiger partial charge in [-0.3, -0.25) is 9.59 Å². The number of hydrogen-bond donors (Lipinski definition) is 0. The van der Waals surface area contributed by atoms with Gasteiger partial charge in [-0.25, -0.2) is 0 Å². The lowest BCUT2D eigenvalue weighted by Crippen LogP contribution is -2.10. The normalized spacial score (nSPS) is 10.9. The SMILES string of the molecule is O=C(c1c(Cl)cccc1Cl)P(Cc1ccccc1)C(=O)c1c(Cl)cccc1Cl. The van der Waals surface area contributed by atoms with Crippen molar-refractivity contribution in [2.75, 3.05) is 0 Å². The van der Waals surface area contributed by atoms with Crippen molar-refractivity contribution < 1.29 is 9.59 Å². The number of carbonyl (C=O) groups is 2. The summed E-state index contributed by atoms with van der Waals surface area (Å²) in [5, 5.41) is 0.819. The Bertz CT molecular complexity index is 934. The summed E-state index contributed by atoms with van der Waals surface area (Å²) in [5.74, 6) is 0. The average molecular weight is 470 g/mol. The molecule has 0 heterocycles. The summed E-state index contributed by atoms with van der Waals surface area (Å²) in [6.45, 7) is 0. The smallest absolute Gasteiger partial charge is 0.195 e. The maximum absolute atomic E-state index is 13.4. The van der Waals surface area contributed by atoms with Crippen molar-refractivity contribution in [3.63, 3.8) is 0 Å². The molecular weight excluding hydrogens is 457 g/mol. The van der Waals surface area contributed by atoms with E-state index in [-0.39, 0.29) is 37.4 Å². The van der Waals surface area contributed by atoms with Crippen molar-refractivity contribution in [1.29, 1.82) is 0 Å². The molecule has 7 heteroatoms.